The van der Waals surface area contributed by atoms with Crippen molar-refractivity contribution >= 4 is 21.6 Å². The molecule has 6 heteroatoms. The first-order chi connectivity index (χ1) is 7.13. The van der Waals surface area contributed by atoms with E-state index < -0.39 is 4.92 Å². The van der Waals surface area contributed by atoms with Gasteiger partial charge in [0.2, 0.25) is 0 Å². The van der Waals surface area contributed by atoms with E-state index in [0.29, 0.717) is 23.4 Å². The molecule has 0 aliphatic carbocycles. The zero-order valence-corrected chi connectivity index (χ0v) is 9.57. The van der Waals surface area contributed by atoms with E-state index in [4.69, 9.17) is 10.5 Å². The predicted molar refractivity (Wildman–Crippen MR) is 60.0 cm³/mol. The summed E-state index contributed by atoms with van der Waals surface area (Å²) in [5.41, 5.74) is 5.31. The van der Waals surface area contributed by atoms with Crippen LogP contribution in [0.25, 0.3) is 0 Å². The Morgan fingerprint density at radius 1 is 1.47 bits per heavy atom. The van der Waals surface area contributed by atoms with Crippen LogP contribution in [0, 0.1) is 10.1 Å². The van der Waals surface area contributed by atoms with Crippen molar-refractivity contribution in [3.8, 4) is 5.75 Å². The Balaban J connectivity index is 2.75. The van der Waals surface area contributed by atoms with Crippen LogP contribution in [0.4, 0.5) is 5.69 Å². The van der Waals surface area contributed by atoms with Crippen molar-refractivity contribution in [1.29, 1.82) is 0 Å². The van der Waals surface area contributed by atoms with Crippen molar-refractivity contribution in [3.05, 3.63) is 32.8 Å². The second-order valence-electron chi connectivity index (χ2n) is 2.89. The van der Waals surface area contributed by atoms with Crippen molar-refractivity contribution in [2.24, 2.45) is 5.73 Å². The molecule has 82 valence electrons. The Bertz CT molecular complexity index is 357. The van der Waals surface area contributed by atoms with Gasteiger partial charge in [-0.1, -0.05) is 15.9 Å². The van der Waals surface area contributed by atoms with Gasteiger partial charge in [0.25, 0.3) is 5.69 Å². The van der Waals surface area contributed by atoms with Crippen LogP contribution >= 0.6 is 15.9 Å². The fraction of sp³-hybridized carbons (Fsp3) is 0.333. The highest BCUT2D eigenvalue weighted by Gasteiger charge is 2.09. The number of nitrogens with two attached hydrogens (primary N) is 1. The fourth-order valence-corrected chi connectivity index (χ4v) is 1.47. The maximum Gasteiger partial charge on any atom is 0.274 e. The number of ether oxygens (including phenoxy) is 1. The third-order valence-corrected chi connectivity index (χ3v) is 2.14. The molecule has 1 aromatic carbocycles. The zero-order chi connectivity index (χ0) is 11.3. The topological polar surface area (TPSA) is 78.4 Å². The van der Waals surface area contributed by atoms with E-state index in [0.717, 1.165) is 6.42 Å². The first-order valence-electron chi connectivity index (χ1n) is 4.41. The minimum Gasteiger partial charge on any atom is -0.493 e. The maximum absolute atomic E-state index is 10.5. The summed E-state index contributed by atoms with van der Waals surface area (Å²) < 4.78 is 5.93. The van der Waals surface area contributed by atoms with E-state index in [9.17, 15) is 10.1 Å². The van der Waals surface area contributed by atoms with Crippen LogP contribution in [-0.2, 0) is 0 Å². The number of nitro groups is 1. The summed E-state index contributed by atoms with van der Waals surface area (Å²) in [6.07, 6.45) is 0.723. The van der Waals surface area contributed by atoms with Gasteiger partial charge in [-0.05, 0) is 19.0 Å². The molecule has 0 aliphatic heterocycles. The van der Waals surface area contributed by atoms with Crippen molar-refractivity contribution in [1.82, 2.24) is 0 Å². The van der Waals surface area contributed by atoms with Gasteiger partial charge in [-0.25, -0.2) is 0 Å². The summed E-state index contributed by atoms with van der Waals surface area (Å²) in [4.78, 5) is 10.1. The summed E-state index contributed by atoms with van der Waals surface area (Å²) in [6, 6.07) is 4.50. The molecule has 5 nitrogen and oxygen atoms in total. The highest BCUT2D eigenvalue weighted by molar-refractivity contribution is 9.10. The van der Waals surface area contributed by atoms with Gasteiger partial charge in [0.15, 0.2) is 0 Å². The van der Waals surface area contributed by atoms with Crippen molar-refractivity contribution < 1.29 is 9.66 Å². The van der Waals surface area contributed by atoms with Crippen molar-refractivity contribution in [2.75, 3.05) is 13.2 Å². The molecule has 0 aromatic heterocycles. The van der Waals surface area contributed by atoms with Crippen molar-refractivity contribution in [3.63, 3.8) is 0 Å². The SMILES string of the molecule is NCCCOc1cc(Br)cc([N+](=O)[O-])c1. The average Bonchev–Trinajstić information content (AvgIpc) is 2.17. The number of halogens is 1. The van der Waals surface area contributed by atoms with Crippen LogP contribution in [0.15, 0.2) is 22.7 Å². The van der Waals surface area contributed by atoms with E-state index in [1.165, 1.54) is 12.1 Å². The van der Waals surface area contributed by atoms with E-state index in [-0.39, 0.29) is 5.69 Å². The van der Waals surface area contributed by atoms with Gasteiger partial charge in [0, 0.05) is 10.5 Å². The third-order valence-electron chi connectivity index (χ3n) is 1.68. The quantitative estimate of drug-likeness (QED) is 0.507. The lowest BCUT2D eigenvalue weighted by Crippen LogP contribution is -2.06. The smallest absolute Gasteiger partial charge is 0.274 e. The monoisotopic (exact) mass is 274 g/mol. The summed E-state index contributed by atoms with van der Waals surface area (Å²) in [6.45, 7) is 1.00. The van der Waals surface area contributed by atoms with Crippen LogP contribution < -0.4 is 10.5 Å². The molecule has 0 saturated heterocycles. The molecule has 0 spiro atoms. The molecule has 0 unspecified atom stereocenters. The van der Waals surface area contributed by atoms with E-state index in [1.807, 2.05) is 0 Å². The Hall–Kier alpha value is -1.14. The maximum atomic E-state index is 10.5. The molecule has 0 atom stereocenters. The summed E-state index contributed by atoms with van der Waals surface area (Å²) in [5, 5.41) is 10.5. The molecule has 0 saturated carbocycles. The van der Waals surface area contributed by atoms with Gasteiger partial charge in [0.05, 0.1) is 17.6 Å². The second kappa shape index (κ2) is 5.67. The van der Waals surface area contributed by atoms with Gasteiger partial charge in [-0.15, -0.1) is 0 Å². The summed E-state index contributed by atoms with van der Waals surface area (Å²) in [7, 11) is 0. The van der Waals surface area contributed by atoms with Gasteiger partial charge < -0.3 is 10.5 Å². The number of benzene rings is 1. The molecule has 0 fully saturated rings. The van der Waals surface area contributed by atoms with E-state index in [1.54, 1.807) is 6.07 Å². The molecule has 0 amide bonds. The summed E-state index contributed by atoms with van der Waals surface area (Å²) >= 11 is 3.18. The minimum atomic E-state index is -0.458. The molecule has 0 aliphatic rings. The number of non-ortho nitro benzene ring substituents is 1. The standard InChI is InChI=1S/C9H11BrN2O3/c10-7-4-8(12(13)14)6-9(5-7)15-3-1-2-11/h4-6H,1-3,11H2. The van der Waals surface area contributed by atoms with Gasteiger partial charge in [0.1, 0.15) is 5.75 Å². The molecule has 2 N–H and O–H groups in total. The summed E-state index contributed by atoms with van der Waals surface area (Å²) in [5.74, 6) is 0.476. The Morgan fingerprint density at radius 2 is 2.20 bits per heavy atom. The highest BCUT2D eigenvalue weighted by atomic mass is 79.9. The molecule has 1 rings (SSSR count). The van der Waals surface area contributed by atoms with Gasteiger partial charge >= 0.3 is 0 Å². The highest BCUT2D eigenvalue weighted by Crippen LogP contribution is 2.26. The van der Waals surface area contributed by atoms with Crippen molar-refractivity contribution in [2.45, 2.75) is 6.42 Å². The Labute approximate surface area is 95.5 Å². The minimum absolute atomic E-state index is 0.00660. The molecule has 0 radical (unpaired) electrons. The first kappa shape index (κ1) is 11.9. The van der Waals surface area contributed by atoms with Crippen LogP contribution in [0.5, 0.6) is 5.75 Å². The largest absolute Gasteiger partial charge is 0.493 e. The number of nitro benzene ring substituents is 1. The van der Waals surface area contributed by atoms with Crippen LogP contribution in [-0.4, -0.2) is 18.1 Å². The molecular weight excluding hydrogens is 264 g/mol. The van der Waals surface area contributed by atoms with Crippen LogP contribution in [0.1, 0.15) is 6.42 Å². The number of nitrogens with zero attached hydrogens (tertiary/aromatic N) is 1. The second-order valence-corrected chi connectivity index (χ2v) is 3.81. The van der Waals surface area contributed by atoms with Gasteiger partial charge in [-0.2, -0.15) is 0 Å². The molecule has 0 heterocycles. The number of rotatable bonds is 5. The lowest BCUT2D eigenvalue weighted by Gasteiger charge is -2.05. The zero-order valence-electron chi connectivity index (χ0n) is 7.98. The number of hydrogen-bond donors (Lipinski definition) is 1. The van der Waals surface area contributed by atoms with Crippen LogP contribution in [0.3, 0.4) is 0 Å². The van der Waals surface area contributed by atoms with E-state index >= 15 is 0 Å². The first-order valence-corrected chi connectivity index (χ1v) is 5.20. The molecule has 1 aromatic rings. The third kappa shape index (κ3) is 3.85. The normalized spacial score (nSPS) is 10.0. The molecule has 15 heavy (non-hydrogen) atoms. The molecule has 0 bridgehead atoms. The fourth-order valence-electron chi connectivity index (χ4n) is 1.01. The predicted octanol–water partition coefficient (Wildman–Crippen LogP) is 2.08. The Kier molecular flexibility index (Phi) is 4.51. The van der Waals surface area contributed by atoms with Crippen LogP contribution in [0.2, 0.25) is 0 Å². The lowest BCUT2D eigenvalue weighted by molar-refractivity contribution is -0.385. The number of hydrogen-bond acceptors (Lipinski definition) is 4. The Morgan fingerprint density at radius 3 is 2.80 bits per heavy atom. The average molecular weight is 275 g/mol. The molecular formula is C9H11BrN2O3. The van der Waals surface area contributed by atoms with E-state index in [2.05, 4.69) is 15.9 Å². The lowest BCUT2D eigenvalue weighted by atomic mass is 10.3. The van der Waals surface area contributed by atoms with Gasteiger partial charge in [-0.3, -0.25) is 10.1 Å².